The van der Waals surface area contributed by atoms with E-state index in [1.54, 1.807) is 10.4 Å². The maximum Gasteiger partial charge on any atom is 0.246 e. The van der Waals surface area contributed by atoms with Crippen LogP contribution < -0.4 is 11.3 Å². The van der Waals surface area contributed by atoms with Crippen LogP contribution in [0.5, 0.6) is 0 Å². The van der Waals surface area contributed by atoms with Gasteiger partial charge < -0.3 is 5.43 Å². The van der Waals surface area contributed by atoms with Crippen LogP contribution >= 0.6 is 0 Å². The Morgan fingerprint density at radius 3 is 2.84 bits per heavy atom. The highest BCUT2D eigenvalue weighted by atomic mass is 32.2. The summed E-state index contributed by atoms with van der Waals surface area (Å²) < 4.78 is 27.0. The molecule has 0 atom stereocenters. The van der Waals surface area contributed by atoms with Crippen molar-refractivity contribution in [3.05, 3.63) is 18.5 Å². The minimum absolute atomic E-state index is 0.141. The van der Waals surface area contributed by atoms with E-state index in [9.17, 15) is 8.42 Å². The number of nitrogens with one attached hydrogen (secondary N) is 1. The normalized spacial score (nSPS) is 15.7. The molecule has 1 aromatic heterocycles. The van der Waals surface area contributed by atoms with E-state index in [1.165, 1.54) is 12.4 Å². The molecule has 0 spiro atoms. The molecule has 0 aromatic carbocycles. The highest BCUT2D eigenvalue weighted by Gasteiger charge is 2.38. The molecule has 1 saturated carbocycles. The zero-order valence-corrected chi connectivity index (χ0v) is 11.9. The Morgan fingerprint density at radius 2 is 2.26 bits per heavy atom. The van der Waals surface area contributed by atoms with Gasteiger partial charge >= 0.3 is 0 Å². The molecule has 0 radical (unpaired) electrons. The summed E-state index contributed by atoms with van der Waals surface area (Å²) in [5.41, 5.74) is 2.81. The summed E-state index contributed by atoms with van der Waals surface area (Å²) in [5, 5.41) is 0. The van der Waals surface area contributed by atoms with Gasteiger partial charge in [-0.3, -0.25) is 10.8 Å². The van der Waals surface area contributed by atoms with E-state index >= 15 is 0 Å². The fourth-order valence-corrected chi connectivity index (χ4v) is 3.83. The predicted molar refractivity (Wildman–Crippen MR) is 73.9 cm³/mol. The third-order valence-electron chi connectivity index (χ3n) is 3.21. The SMILES string of the molecule is CCCCN(C1CC1)S(=O)(=O)c1cnccc1NN. The second-order valence-corrected chi connectivity index (χ2v) is 6.58. The van der Waals surface area contributed by atoms with Gasteiger partial charge in [-0.05, 0) is 25.3 Å². The molecule has 1 heterocycles. The number of nitrogen functional groups attached to an aromatic ring is 1. The van der Waals surface area contributed by atoms with Gasteiger partial charge in [-0.2, -0.15) is 4.31 Å². The highest BCUT2D eigenvalue weighted by molar-refractivity contribution is 7.89. The standard InChI is InChI=1S/C12H20N4O2S/c1-2-3-8-16(10-4-5-10)19(17,18)12-9-14-7-6-11(12)15-13/h6-7,9-10H,2-5,8,13H2,1H3,(H,14,15). The number of sulfonamides is 1. The quantitative estimate of drug-likeness (QED) is 0.582. The van der Waals surface area contributed by atoms with Crippen LogP contribution in [-0.2, 0) is 10.0 Å². The average Bonchev–Trinajstić information content (AvgIpc) is 3.23. The Labute approximate surface area is 114 Å². The van der Waals surface area contributed by atoms with Gasteiger partial charge in [0.05, 0.1) is 5.69 Å². The lowest BCUT2D eigenvalue weighted by Crippen LogP contribution is -2.34. The lowest BCUT2D eigenvalue weighted by Gasteiger charge is -2.22. The van der Waals surface area contributed by atoms with Crippen LogP contribution in [0.15, 0.2) is 23.4 Å². The summed E-state index contributed by atoms with van der Waals surface area (Å²) in [6.45, 7) is 2.61. The number of unbranched alkanes of at least 4 members (excludes halogenated alkanes) is 1. The van der Waals surface area contributed by atoms with E-state index in [0.29, 0.717) is 12.2 Å². The van der Waals surface area contributed by atoms with Crippen LogP contribution in [0.25, 0.3) is 0 Å². The van der Waals surface area contributed by atoms with E-state index < -0.39 is 10.0 Å². The molecule has 0 aliphatic heterocycles. The third-order valence-corrected chi connectivity index (χ3v) is 5.19. The van der Waals surface area contributed by atoms with E-state index in [1.807, 2.05) is 0 Å². The van der Waals surface area contributed by atoms with Crippen molar-refractivity contribution in [3.8, 4) is 0 Å². The first kappa shape index (κ1) is 14.2. The minimum Gasteiger partial charge on any atom is -0.323 e. The van der Waals surface area contributed by atoms with Crippen molar-refractivity contribution in [2.45, 2.75) is 43.5 Å². The summed E-state index contributed by atoms with van der Waals surface area (Å²) >= 11 is 0. The highest BCUT2D eigenvalue weighted by Crippen LogP contribution is 2.33. The van der Waals surface area contributed by atoms with Gasteiger partial charge in [0.25, 0.3) is 0 Å². The summed E-state index contributed by atoms with van der Waals surface area (Å²) in [6, 6.07) is 1.71. The summed E-state index contributed by atoms with van der Waals surface area (Å²) in [5.74, 6) is 5.38. The average molecular weight is 284 g/mol. The number of nitrogens with two attached hydrogens (primary N) is 1. The van der Waals surface area contributed by atoms with Gasteiger partial charge in [-0.15, -0.1) is 0 Å². The fourth-order valence-electron chi connectivity index (χ4n) is 2.01. The molecule has 0 unspecified atom stereocenters. The Kier molecular flexibility index (Phi) is 4.38. The number of hydrazine groups is 1. The first-order valence-electron chi connectivity index (χ1n) is 6.53. The van der Waals surface area contributed by atoms with Crippen LogP contribution in [0.1, 0.15) is 32.6 Å². The Balaban J connectivity index is 2.33. The van der Waals surface area contributed by atoms with Crippen LogP contribution in [0.2, 0.25) is 0 Å². The van der Waals surface area contributed by atoms with Crippen LogP contribution in [0.3, 0.4) is 0 Å². The van der Waals surface area contributed by atoms with Crippen molar-refractivity contribution in [2.24, 2.45) is 5.84 Å². The second kappa shape index (κ2) is 5.85. The zero-order chi connectivity index (χ0) is 13.9. The van der Waals surface area contributed by atoms with Gasteiger partial charge in [-0.1, -0.05) is 13.3 Å². The van der Waals surface area contributed by atoms with Gasteiger partial charge in [0.1, 0.15) is 4.90 Å². The van der Waals surface area contributed by atoms with Crippen molar-refractivity contribution in [1.29, 1.82) is 0 Å². The van der Waals surface area contributed by atoms with Crippen LogP contribution in [-0.4, -0.2) is 30.3 Å². The molecule has 3 N–H and O–H groups in total. The maximum atomic E-state index is 12.7. The molecule has 0 bridgehead atoms. The van der Waals surface area contributed by atoms with Gasteiger partial charge in [0, 0.05) is 25.0 Å². The predicted octanol–water partition coefficient (Wildman–Crippen LogP) is 1.32. The van der Waals surface area contributed by atoms with Crippen molar-refractivity contribution in [3.63, 3.8) is 0 Å². The number of anilines is 1. The Hall–Kier alpha value is -1.18. The van der Waals surface area contributed by atoms with E-state index in [2.05, 4.69) is 17.3 Å². The molecule has 1 aliphatic carbocycles. The molecule has 7 heteroatoms. The fraction of sp³-hybridized carbons (Fsp3) is 0.583. The number of hydrogen-bond donors (Lipinski definition) is 2. The molecule has 1 aromatic rings. The lowest BCUT2D eigenvalue weighted by molar-refractivity contribution is 0.396. The smallest absolute Gasteiger partial charge is 0.246 e. The summed E-state index contributed by atoms with van der Waals surface area (Å²) in [7, 11) is -3.52. The largest absolute Gasteiger partial charge is 0.323 e. The molecule has 2 rings (SSSR count). The van der Waals surface area contributed by atoms with E-state index in [4.69, 9.17) is 5.84 Å². The zero-order valence-electron chi connectivity index (χ0n) is 11.0. The van der Waals surface area contributed by atoms with Crippen molar-refractivity contribution in [2.75, 3.05) is 12.0 Å². The lowest BCUT2D eigenvalue weighted by atomic mass is 10.3. The molecule has 1 aliphatic rings. The molecule has 6 nitrogen and oxygen atoms in total. The first-order chi connectivity index (χ1) is 9.11. The molecule has 0 amide bonds. The first-order valence-corrected chi connectivity index (χ1v) is 7.97. The molecule has 0 saturated heterocycles. The number of pyridine rings is 1. The number of hydrogen-bond acceptors (Lipinski definition) is 5. The third kappa shape index (κ3) is 3.05. The molecule has 106 valence electrons. The number of nitrogens with zero attached hydrogens (tertiary/aromatic N) is 2. The van der Waals surface area contributed by atoms with E-state index in [0.717, 1.165) is 25.7 Å². The van der Waals surface area contributed by atoms with Crippen LogP contribution in [0, 0.1) is 0 Å². The Bertz CT molecular complexity index is 528. The van der Waals surface area contributed by atoms with Crippen molar-refractivity contribution < 1.29 is 8.42 Å². The van der Waals surface area contributed by atoms with Crippen LogP contribution in [0.4, 0.5) is 5.69 Å². The summed E-state index contributed by atoms with van der Waals surface area (Å²) in [6.07, 6.45) is 6.58. The topological polar surface area (TPSA) is 88.3 Å². The van der Waals surface area contributed by atoms with E-state index in [-0.39, 0.29) is 10.9 Å². The second-order valence-electron chi connectivity index (χ2n) is 4.72. The molecule has 19 heavy (non-hydrogen) atoms. The van der Waals surface area contributed by atoms with Gasteiger partial charge in [-0.25, -0.2) is 8.42 Å². The monoisotopic (exact) mass is 284 g/mol. The molecular formula is C12H20N4O2S. The Morgan fingerprint density at radius 1 is 1.53 bits per heavy atom. The summed E-state index contributed by atoms with van der Waals surface area (Å²) in [4.78, 5) is 4.05. The minimum atomic E-state index is -3.52. The maximum absolute atomic E-state index is 12.7. The van der Waals surface area contributed by atoms with Gasteiger partial charge in [0.2, 0.25) is 10.0 Å². The van der Waals surface area contributed by atoms with Gasteiger partial charge in [0.15, 0.2) is 0 Å². The van der Waals surface area contributed by atoms with Crippen molar-refractivity contribution in [1.82, 2.24) is 9.29 Å². The number of rotatable bonds is 7. The molecule has 1 fully saturated rings. The molecular weight excluding hydrogens is 264 g/mol. The number of aromatic nitrogens is 1. The van der Waals surface area contributed by atoms with Crippen molar-refractivity contribution >= 4 is 15.7 Å².